The van der Waals surface area contributed by atoms with E-state index in [9.17, 15) is 0 Å². The molecule has 0 unspecified atom stereocenters. The molecule has 0 bridgehead atoms. The van der Waals surface area contributed by atoms with Gasteiger partial charge in [0.25, 0.3) is 0 Å². The van der Waals surface area contributed by atoms with Crippen LogP contribution in [-0.2, 0) is 0 Å². The molecule has 0 atom stereocenters. The largest absolute Gasteiger partial charge is 0.310 e. The van der Waals surface area contributed by atoms with Gasteiger partial charge in [-0.05, 0) is 82.4 Å². The predicted octanol–water partition coefficient (Wildman–Crippen LogP) is 13.0. The van der Waals surface area contributed by atoms with Crippen LogP contribution in [0, 0.1) is 6.92 Å². The Kier molecular flexibility index (Phi) is 7.06. The molecule has 0 amide bonds. The number of hydrogen-bond donors (Lipinski definition) is 0. The Balaban J connectivity index is 1.32. The minimum absolute atomic E-state index is 1.11. The Morgan fingerprint density at radius 2 is 1.00 bits per heavy atom. The predicted molar refractivity (Wildman–Crippen MR) is 209 cm³/mol. The number of para-hydroxylation sites is 3. The number of aryl methyl sites for hydroxylation is 1. The van der Waals surface area contributed by atoms with Gasteiger partial charge in [0.2, 0.25) is 0 Å². The monoisotopic (exact) mass is 626 g/mol. The topological polar surface area (TPSA) is 8.17 Å². The van der Waals surface area contributed by atoms with Crippen molar-refractivity contribution in [2.45, 2.75) is 6.92 Å². The molecule has 9 rings (SSSR count). The van der Waals surface area contributed by atoms with Gasteiger partial charge >= 0.3 is 0 Å². The number of nitrogens with zero attached hydrogens (tertiary/aromatic N) is 2. The molecule has 0 saturated heterocycles. The standard InChI is InChI=1S/C47H34N2/c1-33-14-12-24-44(41-23-13-18-36-17-8-9-21-40(36)41)47(33)48(38-28-26-35(27-29-38)34-15-4-2-5-16-34)39-30-31-43-42-22-10-11-25-45(42)49(46(43)32-39)37-19-6-3-7-20-37/h2-32H,1H3. The highest BCUT2D eigenvalue weighted by molar-refractivity contribution is 6.11. The first-order valence-corrected chi connectivity index (χ1v) is 16.9. The van der Waals surface area contributed by atoms with Crippen molar-refractivity contribution in [3.05, 3.63) is 194 Å². The molecule has 0 saturated carbocycles. The quantitative estimate of drug-likeness (QED) is 0.178. The minimum Gasteiger partial charge on any atom is -0.310 e. The second-order valence-corrected chi connectivity index (χ2v) is 12.6. The van der Waals surface area contributed by atoms with Crippen molar-refractivity contribution >= 4 is 49.6 Å². The lowest BCUT2D eigenvalue weighted by Crippen LogP contribution is -2.13. The summed E-state index contributed by atoms with van der Waals surface area (Å²) in [5.41, 5.74) is 13.0. The van der Waals surface area contributed by atoms with E-state index < -0.39 is 0 Å². The van der Waals surface area contributed by atoms with Crippen molar-refractivity contribution in [2.24, 2.45) is 0 Å². The number of aromatic nitrogens is 1. The van der Waals surface area contributed by atoms with Crippen LogP contribution >= 0.6 is 0 Å². The van der Waals surface area contributed by atoms with Gasteiger partial charge in [-0.1, -0.05) is 146 Å². The van der Waals surface area contributed by atoms with Crippen LogP contribution in [0.5, 0.6) is 0 Å². The Labute approximate surface area is 286 Å². The number of rotatable bonds is 6. The molecule has 0 radical (unpaired) electrons. The molecule has 0 spiro atoms. The number of benzene rings is 8. The van der Waals surface area contributed by atoms with Crippen molar-refractivity contribution < 1.29 is 0 Å². The fourth-order valence-electron chi connectivity index (χ4n) is 7.43. The summed E-state index contributed by atoms with van der Waals surface area (Å²) in [5, 5.41) is 4.97. The van der Waals surface area contributed by atoms with E-state index >= 15 is 0 Å². The van der Waals surface area contributed by atoms with Gasteiger partial charge in [0, 0.05) is 33.4 Å². The summed E-state index contributed by atoms with van der Waals surface area (Å²) in [6.07, 6.45) is 0. The molecule has 8 aromatic carbocycles. The molecule has 1 aromatic heterocycles. The van der Waals surface area contributed by atoms with Crippen LogP contribution in [0.15, 0.2) is 188 Å². The van der Waals surface area contributed by atoms with Gasteiger partial charge < -0.3 is 9.47 Å². The molecule has 49 heavy (non-hydrogen) atoms. The lowest BCUT2D eigenvalue weighted by atomic mass is 9.94. The molecule has 0 aliphatic rings. The van der Waals surface area contributed by atoms with Crippen LogP contribution < -0.4 is 4.90 Å². The molecule has 2 nitrogen and oxygen atoms in total. The van der Waals surface area contributed by atoms with Gasteiger partial charge in [0.15, 0.2) is 0 Å². The highest BCUT2D eigenvalue weighted by Crippen LogP contribution is 2.46. The van der Waals surface area contributed by atoms with Gasteiger partial charge in [-0.15, -0.1) is 0 Å². The normalized spacial score (nSPS) is 11.4. The average Bonchev–Trinajstić information content (AvgIpc) is 3.50. The van der Waals surface area contributed by atoms with Gasteiger partial charge in [-0.2, -0.15) is 0 Å². The molecular formula is C47H34N2. The molecule has 0 N–H and O–H groups in total. The van der Waals surface area contributed by atoms with Crippen LogP contribution in [0.2, 0.25) is 0 Å². The van der Waals surface area contributed by atoms with E-state index in [4.69, 9.17) is 0 Å². The summed E-state index contributed by atoms with van der Waals surface area (Å²) < 4.78 is 2.40. The molecule has 9 aromatic rings. The van der Waals surface area contributed by atoms with E-state index in [0.717, 1.165) is 17.1 Å². The first kappa shape index (κ1) is 28.8. The van der Waals surface area contributed by atoms with E-state index in [1.807, 2.05) is 0 Å². The van der Waals surface area contributed by atoms with E-state index in [1.54, 1.807) is 0 Å². The minimum atomic E-state index is 1.11. The average molecular weight is 627 g/mol. The van der Waals surface area contributed by atoms with E-state index in [0.29, 0.717) is 0 Å². The third-order valence-corrected chi connectivity index (χ3v) is 9.70. The molecule has 2 heteroatoms. The first-order valence-electron chi connectivity index (χ1n) is 16.9. The second kappa shape index (κ2) is 12.0. The lowest BCUT2D eigenvalue weighted by Gasteiger charge is -2.30. The fraction of sp³-hybridized carbons (Fsp3) is 0.0213. The third kappa shape index (κ3) is 4.97. The molecular weight excluding hydrogens is 593 g/mol. The smallest absolute Gasteiger partial charge is 0.0569 e. The molecule has 0 aliphatic carbocycles. The number of fused-ring (bicyclic) bond motifs is 4. The summed E-state index contributed by atoms with van der Waals surface area (Å²) >= 11 is 0. The van der Waals surface area contributed by atoms with Crippen LogP contribution in [0.1, 0.15) is 5.56 Å². The van der Waals surface area contributed by atoms with E-state index in [-0.39, 0.29) is 0 Å². The Morgan fingerprint density at radius 1 is 0.408 bits per heavy atom. The summed E-state index contributed by atoms with van der Waals surface area (Å²) in [6, 6.07) is 68.0. The molecule has 232 valence electrons. The zero-order valence-corrected chi connectivity index (χ0v) is 27.3. The number of hydrogen-bond acceptors (Lipinski definition) is 1. The third-order valence-electron chi connectivity index (χ3n) is 9.70. The van der Waals surface area contributed by atoms with Crippen LogP contribution in [-0.4, -0.2) is 4.57 Å². The lowest BCUT2D eigenvalue weighted by molar-refractivity contribution is 1.18. The Morgan fingerprint density at radius 3 is 1.82 bits per heavy atom. The summed E-state index contributed by atoms with van der Waals surface area (Å²) in [4.78, 5) is 2.45. The summed E-state index contributed by atoms with van der Waals surface area (Å²) in [5.74, 6) is 0. The maximum Gasteiger partial charge on any atom is 0.0569 e. The first-order chi connectivity index (χ1) is 24.2. The molecule has 0 fully saturated rings. The van der Waals surface area contributed by atoms with Gasteiger partial charge in [0.1, 0.15) is 0 Å². The maximum atomic E-state index is 2.45. The van der Waals surface area contributed by atoms with Gasteiger partial charge in [0.05, 0.1) is 16.7 Å². The Bertz CT molecular complexity index is 2590. The van der Waals surface area contributed by atoms with Crippen LogP contribution in [0.4, 0.5) is 17.1 Å². The van der Waals surface area contributed by atoms with Crippen LogP contribution in [0.3, 0.4) is 0 Å². The molecule has 0 aliphatic heterocycles. The second-order valence-electron chi connectivity index (χ2n) is 12.6. The van der Waals surface area contributed by atoms with Crippen molar-refractivity contribution in [1.82, 2.24) is 4.57 Å². The van der Waals surface area contributed by atoms with Crippen molar-refractivity contribution in [3.63, 3.8) is 0 Å². The highest BCUT2D eigenvalue weighted by atomic mass is 15.1. The fourth-order valence-corrected chi connectivity index (χ4v) is 7.43. The SMILES string of the molecule is Cc1cccc(-c2cccc3ccccc23)c1N(c1ccc(-c2ccccc2)cc1)c1ccc2c3ccccc3n(-c3ccccc3)c2c1. The zero-order valence-electron chi connectivity index (χ0n) is 27.3. The zero-order chi connectivity index (χ0) is 32.7. The van der Waals surface area contributed by atoms with E-state index in [1.165, 1.54) is 66.1 Å². The maximum absolute atomic E-state index is 2.45. The highest BCUT2D eigenvalue weighted by Gasteiger charge is 2.22. The summed E-state index contributed by atoms with van der Waals surface area (Å²) in [7, 11) is 0. The van der Waals surface area contributed by atoms with Gasteiger partial charge in [-0.25, -0.2) is 0 Å². The van der Waals surface area contributed by atoms with Crippen molar-refractivity contribution in [1.29, 1.82) is 0 Å². The number of anilines is 3. The van der Waals surface area contributed by atoms with Gasteiger partial charge in [-0.3, -0.25) is 0 Å². The van der Waals surface area contributed by atoms with Crippen molar-refractivity contribution in [3.8, 4) is 27.9 Å². The van der Waals surface area contributed by atoms with Crippen molar-refractivity contribution in [2.75, 3.05) is 4.90 Å². The Hall–Kier alpha value is -6.38. The molecule has 1 heterocycles. The van der Waals surface area contributed by atoms with Crippen LogP contribution in [0.25, 0.3) is 60.5 Å². The van der Waals surface area contributed by atoms with E-state index in [2.05, 4.69) is 204 Å². The summed E-state index contributed by atoms with van der Waals surface area (Å²) in [6.45, 7) is 2.23.